The second kappa shape index (κ2) is 8.84. The molecular formula is C25H24N2O3S2. The lowest BCUT2D eigenvalue weighted by molar-refractivity contribution is 0.0985. The number of nitrogens with zero attached hydrogens (tertiary/aromatic N) is 2. The smallest absolute Gasteiger partial charge is 0.260 e. The first-order valence-corrected chi connectivity index (χ1v) is 12.7. The van der Waals surface area contributed by atoms with Crippen LogP contribution in [-0.4, -0.2) is 24.6 Å². The summed E-state index contributed by atoms with van der Waals surface area (Å²) in [5.41, 5.74) is 3.23. The number of amides is 1. The Bertz CT molecular complexity index is 1380. The molecular weight excluding hydrogens is 440 g/mol. The van der Waals surface area contributed by atoms with Gasteiger partial charge >= 0.3 is 0 Å². The van der Waals surface area contributed by atoms with Gasteiger partial charge in [0.1, 0.15) is 0 Å². The lowest BCUT2D eigenvalue weighted by Gasteiger charge is -2.20. The molecule has 1 amide bonds. The van der Waals surface area contributed by atoms with E-state index in [1.165, 1.54) is 23.5 Å². The van der Waals surface area contributed by atoms with E-state index in [4.69, 9.17) is 4.98 Å². The fourth-order valence-electron chi connectivity index (χ4n) is 3.36. The van der Waals surface area contributed by atoms with Gasteiger partial charge in [0.2, 0.25) is 0 Å². The van der Waals surface area contributed by atoms with Crippen LogP contribution in [0.25, 0.3) is 10.2 Å². The molecule has 0 aliphatic heterocycles. The van der Waals surface area contributed by atoms with Crippen LogP contribution in [0.3, 0.4) is 0 Å². The summed E-state index contributed by atoms with van der Waals surface area (Å²) in [6.07, 6.45) is 0. The van der Waals surface area contributed by atoms with Crippen molar-refractivity contribution in [2.75, 3.05) is 4.90 Å². The molecule has 0 aliphatic carbocycles. The van der Waals surface area contributed by atoms with E-state index < -0.39 is 15.1 Å². The van der Waals surface area contributed by atoms with Crippen molar-refractivity contribution >= 4 is 42.4 Å². The minimum atomic E-state index is -3.49. The summed E-state index contributed by atoms with van der Waals surface area (Å²) in [5.74, 6) is -0.287. The highest BCUT2D eigenvalue weighted by atomic mass is 32.2. The van der Waals surface area contributed by atoms with Crippen LogP contribution in [-0.2, 0) is 16.4 Å². The predicted molar refractivity (Wildman–Crippen MR) is 130 cm³/mol. The molecule has 0 saturated heterocycles. The Hall–Kier alpha value is -3.03. The molecule has 5 nitrogen and oxygen atoms in total. The Morgan fingerprint density at radius 3 is 2.47 bits per heavy atom. The highest BCUT2D eigenvalue weighted by Gasteiger charge is 2.25. The van der Waals surface area contributed by atoms with Gasteiger partial charge < -0.3 is 0 Å². The van der Waals surface area contributed by atoms with Crippen LogP contribution in [0.4, 0.5) is 5.13 Å². The number of rotatable bonds is 6. The molecule has 0 fully saturated rings. The number of benzene rings is 3. The summed E-state index contributed by atoms with van der Waals surface area (Å²) in [6.45, 7) is 5.62. The third-order valence-electron chi connectivity index (χ3n) is 5.22. The Labute approximate surface area is 192 Å². The van der Waals surface area contributed by atoms with Gasteiger partial charge in [0.05, 0.1) is 26.9 Å². The first-order chi connectivity index (χ1) is 15.3. The molecule has 3 aromatic carbocycles. The van der Waals surface area contributed by atoms with Crippen LogP contribution in [0.5, 0.6) is 0 Å². The topological polar surface area (TPSA) is 67.3 Å². The van der Waals surface area contributed by atoms with Gasteiger partial charge in [-0.1, -0.05) is 53.8 Å². The van der Waals surface area contributed by atoms with Crippen molar-refractivity contribution in [3.05, 3.63) is 89.5 Å². The Balaban J connectivity index is 1.78. The van der Waals surface area contributed by atoms with Crippen LogP contribution < -0.4 is 4.90 Å². The molecule has 4 aromatic rings. The number of fused-ring (bicyclic) bond motifs is 1. The van der Waals surface area contributed by atoms with Crippen LogP contribution in [0.1, 0.15) is 35.3 Å². The van der Waals surface area contributed by atoms with Crippen molar-refractivity contribution < 1.29 is 13.2 Å². The summed E-state index contributed by atoms with van der Waals surface area (Å²) in [7, 11) is -3.49. The highest BCUT2D eigenvalue weighted by molar-refractivity contribution is 7.92. The van der Waals surface area contributed by atoms with E-state index in [-0.39, 0.29) is 10.8 Å². The Morgan fingerprint density at radius 2 is 1.75 bits per heavy atom. The van der Waals surface area contributed by atoms with Gasteiger partial charge in [-0.3, -0.25) is 9.69 Å². The third-order valence-corrected chi connectivity index (χ3v) is 8.42. The average molecular weight is 465 g/mol. The number of sulfone groups is 1. The van der Waals surface area contributed by atoms with Gasteiger partial charge in [-0.05, 0) is 62.2 Å². The highest BCUT2D eigenvalue weighted by Crippen LogP contribution is 2.32. The van der Waals surface area contributed by atoms with Gasteiger partial charge in [-0.15, -0.1) is 0 Å². The normalized spacial score (nSPS) is 11.8. The first-order valence-electron chi connectivity index (χ1n) is 10.3. The molecule has 0 aliphatic rings. The number of aryl methyl sites for hydroxylation is 1. The lowest BCUT2D eigenvalue weighted by atomic mass is 10.1. The number of thiazole rings is 1. The lowest BCUT2D eigenvalue weighted by Crippen LogP contribution is -2.30. The fraction of sp³-hybridized carbons (Fsp3) is 0.200. The minimum Gasteiger partial charge on any atom is -0.279 e. The zero-order valence-electron chi connectivity index (χ0n) is 18.1. The molecule has 1 heterocycles. The molecule has 1 aromatic heterocycles. The zero-order valence-corrected chi connectivity index (χ0v) is 19.8. The largest absolute Gasteiger partial charge is 0.279 e. The van der Waals surface area contributed by atoms with E-state index >= 15 is 0 Å². The predicted octanol–water partition coefficient (Wildman–Crippen LogP) is 5.63. The summed E-state index contributed by atoms with van der Waals surface area (Å²) in [4.78, 5) is 20.1. The summed E-state index contributed by atoms with van der Waals surface area (Å²) in [5, 5.41) is 0.0114. The maximum Gasteiger partial charge on any atom is 0.260 e. The second-order valence-electron chi connectivity index (χ2n) is 7.97. The van der Waals surface area contributed by atoms with Crippen LogP contribution in [0.2, 0.25) is 0 Å². The van der Waals surface area contributed by atoms with E-state index in [1.807, 2.05) is 49.4 Å². The van der Waals surface area contributed by atoms with Gasteiger partial charge in [-0.2, -0.15) is 0 Å². The summed E-state index contributed by atoms with van der Waals surface area (Å²) in [6, 6.07) is 22.0. The molecule has 32 heavy (non-hydrogen) atoms. The van der Waals surface area contributed by atoms with E-state index in [2.05, 4.69) is 6.07 Å². The fourth-order valence-corrected chi connectivity index (χ4v) is 5.53. The van der Waals surface area contributed by atoms with Crippen LogP contribution in [0, 0.1) is 6.92 Å². The number of aromatic nitrogens is 1. The van der Waals surface area contributed by atoms with Gasteiger partial charge in [0.15, 0.2) is 15.0 Å². The number of hydrogen-bond donors (Lipinski definition) is 0. The second-order valence-corrected chi connectivity index (χ2v) is 11.5. The van der Waals surface area contributed by atoms with Crippen molar-refractivity contribution in [1.29, 1.82) is 0 Å². The SMILES string of the molecule is Cc1ccc2nc(N(Cc3ccccc3)C(=O)c3cccc(S(=O)(=O)C(C)C)c3)sc2c1. The summed E-state index contributed by atoms with van der Waals surface area (Å²) >= 11 is 1.45. The van der Waals surface area contributed by atoms with Crippen molar-refractivity contribution in [3.63, 3.8) is 0 Å². The Morgan fingerprint density at radius 1 is 1.00 bits per heavy atom. The van der Waals surface area contributed by atoms with E-state index in [0.717, 1.165) is 21.3 Å². The molecule has 0 unspecified atom stereocenters. The van der Waals surface area contributed by atoms with Crippen molar-refractivity contribution in [2.45, 2.75) is 37.5 Å². The molecule has 0 saturated carbocycles. The number of hydrogen-bond acceptors (Lipinski definition) is 5. The minimum absolute atomic E-state index is 0.151. The average Bonchev–Trinajstić information content (AvgIpc) is 3.20. The monoisotopic (exact) mass is 464 g/mol. The standard InChI is InChI=1S/C25H24N2O3S2/c1-17(2)32(29,30)21-11-7-10-20(15-21)24(28)27(16-19-8-5-4-6-9-19)25-26-22-13-12-18(3)14-23(22)31-25/h4-15,17H,16H2,1-3H3. The van der Waals surface area contributed by atoms with Crippen molar-refractivity contribution in [1.82, 2.24) is 4.98 Å². The third kappa shape index (κ3) is 4.45. The van der Waals surface area contributed by atoms with E-state index in [9.17, 15) is 13.2 Å². The van der Waals surface area contributed by atoms with Gasteiger partial charge in [-0.25, -0.2) is 13.4 Å². The molecule has 0 radical (unpaired) electrons. The van der Waals surface area contributed by atoms with E-state index in [0.29, 0.717) is 17.2 Å². The molecule has 164 valence electrons. The number of carbonyl (C=O) groups excluding carboxylic acids is 1. The summed E-state index contributed by atoms with van der Waals surface area (Å²) < 4.78 is 26.3. The van der Waals surface area contributed by atoms with Crippen molar-refractivity contribution in [2.24, 2.45) is 0 Å². The maximum atomic E-state index is 13.6. The Kier molecular flexibility index (Phi) is 6.13. The molecule has 0 atom stereocenters. The first kappa shape index (κ1) is 22.2. The maximum absolute atomic E-state index is 13.6. The van der Waals surface area contributed by atoms with Gasteiger partial charge in [0, 0.05) is 5.56 Å². The number of anilines is 1. The van der Waals surface area contributed by atoms with Gasteiger partial charge in [0.25, 0.3) is 5.91 Å². The zero-order chi connectivity index (χ0) is 22.9. The number of carbonyl (C=O) groups is 1. The molecule has 0 N–H and O–H groups in total. The molecule has 7 heteroatoms. The van der Waals surface area contributed by atoms with Crippen LogP contribution in [0.15, 0.2) is 77.7 Å². The molecule has 0 spiro atoms. The quantitative estimate of drug-likeness (QED) is 0.371. The van der Waals surface area contributed by atoms with Crippen LogP contribution >= 0.6 is 11.3 Å². The molecule has 4 rings (SSSR count). The molecule has 0 bridgehead atoms. The van der Waals surface area contributed by atoms with Crippen molar-refractivity contribution in [3.8, 4) is 0 Å². The van der Waals surface area contributed by atoms with E-state index in [1.54, 1.807) is 30.9 Å².